The van der Waals surface area contributed by atoms with Gasteiger partial charge in [0, 0.05) is 11.9 Å². The standard InChI is InChI=1S/C22H24N6O/c1-2-3-4-7-14-28-19-9-6-5-8-18(19)20-21(28)24-22(27-25-20)26-23-15-16-10-12-17(29)13-11-16/h5-6,8-13,15,29H,2-4,7,14H2,1H3,(H,24,26,27)/b23-15+. The number of benzene rings is 2. The van der Waals surface area contributed by atoms with Gasteiger partial charge in [-0.25, -0.2) is 5.43 Å². The van der Waals surface area contributed by atoms with Crippen molar-refractivity contribution in [3.8, 4) is 5.75 Å². The van der Waals surface area contributed by atoms with Crippen LogP contribution < -0.4 is 5.43 Å². The average Bonchev–Trinajstić information content (AvgIpc) is 3.06. The van der Waals surface area contributed by atoms with E-state index in [0.29, 0.717) is 5.95 Å². The van der Waals surface area contributed by atoms with Gasteiger partial charge in [-0.1, -0.05) is 44.4 Å². The van der Waals surface area contributed by atoms with Gasteiger partial charge >= 0.3 is 0 Å². The van der Waals surface area contributed by atoms with Gasteiger partial charge in [0.1, 0.15) is 11.3 Å². The number of aromatic hydroxyl groups is 1. The summed E-state index contributed by atoms with van der Waals surface area (Å²) in [5, 5.41) is 23.2. The van der Waals surface area contributed by atoms with Crippen molar-refractivity contribution < 1.29 is 5.11 Å². The molecule has 0 aliphatic rings. The van der Waals surface area contributed by atoms with Crippen molar-refractivity contribution >= 4 is 34.2 Å². The lowest BCUT2D eigenvalue weighted by molar-refractivity contribution is 0.475. The molecule has 2 heterocycles. The number of anilines is 1. The normalized spacial score (nSPS) is 11.6. The molecule has 7 heteroatoms. The van der Waals surface area contributed by atoms with Crippen molar-refractivity contribution in [1.29, 1.82) is 0 Å². The first-order valence-corrected chi connectivity index (χ1v) is 9.96. The minimum atomic E-state index is 0.222. The van der Waals surface area contributed by atoms with Gasteiger partial charge in [0.05, 0.1) is 11.7 Å². The number of para-hydroxylation sites is 1. The Morgan fingerprint density at radius 2 is 1.86 bits per heavy atom. The van der Waals surface area contributed by atoms with Crippen molar-refractivity contribution in [3.63, 3.8) is 0 Å². The van der Waals surface area contributed by atoms with Crippen molar-refractivity contribution in [3.05, 3.63) is 54.1 Å². The zero-order valence-electron chi connectivity index (χ0n) is 16.4. The number of hydrogen-bond donors (Lipinski definition) is 2. The number of aryl methyl sites for hydroxylation is 1. The molecule has 0 fully saturated rings. The Balaban J connectivity index is 1.61. The molecule has 0 saturated heterocycles. The van der Waals surface area contributed by atoms with Crippen LogP contribution in [0.4, 0.5) is 5.95 Å². The largest absolute Gasteiger partial charge is 0.508 e. The fraction of sp³-hybridized carbons (Fsp3) is 0.273. The van der Waals surface area contributed by atoms with E-state index < -0.39 is 0 Å². The number of hydrazone groups is 1. The van der Waals surface area contributed by atoms with Crippen LogP contribution in [-0.4, -0.2) is 31.1 Å². The third kappa shape index (κ3) is 4.18. The van der Waals surface area contributed by atoms with E-state index in [0.717, 1.165) is 40.6 Å². The van der Waals surface area contributed by atoms with E-state index in [9.17, 15) is 5.11 Å². The summed E-state index contributed by atoms with van der Waals surface area (Å²) in [5.74, 6) is 0.574. The lowest BCUT2D eigenvalue weighted by Crippen LogP contribution is -2.03. The van der Waals surface area contributed by atoms with Crippen LogP contribution in [0.2, 0.25) is 0 Å². The smallest absolute Gasteiger partial charge is 0.265 e. The summed E-state index contributed by atoms with van der Waals surface area (Å²) >= 11 is 0. The summed E-state index contributed by atoms with van der Waals surface area (Å²) in [4.78, 5) is 4.68. The van der Waals surface area contributed by atoms with E-state index in [1.807, 2.05) is 12.1 Å². The van der Waals surface area contributed by atoms with Gasteiger partial charge in [0.2, 0.25) is 0 Å². The predicted molar refractivity (Wildman–Crippen MR) is 116 cm³/mol. The number of phenols is 1. The van der Waals surface area contributed by atoms with Gasteiger partial charge in [-0.15, -0.1) is 10.2 Å². The fourth-order valence-corrected chi connectivity index (χ4v) is 3.40. The molecule has 29 heavy (non-hydrogen) atoms. The molecule has 0 unspecified atom stereocenters. The Kier molecular flexibility index (Phi) is 5.65. The summed E-state index contributed by atoms with van der Waals surface area (Å²) in [6.45, 7) is 3.12. The first kappa shape index (κ1) is 18.9. The van der Waals surface area contributed by atoms with E-state index in [1.54, 1.807) is 30.5 Å². The van der Waals surface area contributed by atoms with Crippen molar-refractivity contribution in [1.82, 2.24) is 19.7 Å². The first-order valence-electron chi connectivity index (χ1n) is 9.96. The average molecular weight is 388 g/mol. The van der Waals surface area contributed by atoms with Gasteiger partial charge in [-0.05, 0) is 42.3 Å². The molecule has 4 rings (SSSR count). The summed E-state index contributed by atoms with van der Waals surface area (Å²) in [7, 11) is 0. The van der Waals surface area contributed by atoms with Crippen LogP contribution in [0.15, 0.2) is 53.6 Å². The number of fused-ring (bicyclic) bond motifs is 3. The molecule has 0 atom stereocenters. The SMILES string of the molecule is CCCCCCn1c2ccccc2c2nnc(N/N=C/c3ccc(O)cc3)nc21. The second kappa shape index (κ2) is 8.68. The van der Waals surface area contributed by atoms with Crippen LogP contribution >= 0.6 is 0 Å². The minimum absolute atomic E-state index is 0.222. The molecule has 2 N–H and O–H groups in total. The number of phenolic OH excluding ortho intramolecular Hbond substituents is 1. The van der Waals surface area contributed by atoms with Gasteiger partial charge in [-0.3, -0.25) is 0 Å². The Morgan fingerprint density at radius 3 is 2.69 bits per heavy atom. The molecule has 0 spiro atoms. The summed E-state index contributed by atoms with van der Waals surface area (Å²) in [5.41, 5.74) is 6.47. The number of nitrogens with zero attached hydrogens (tertiary/aromatic N) is 5. The predicted octanol–water partition coefficient (Wildman–Crippen LogP) is 4.71. The topological polar surface area (TPSA) is 88.2 Å². The zero-order valence-corrected chi connectivity index (χ0v) is 16.4. The summed E-state index contributed by atoms with van der Waals surface area (Å²) < 4.78 is 2.23. The molecule has 0 aliphatic carbocycles. The van der Waals surface area contributed by atoms with Gasteiger partial charge in [0.15, 0.2) is 5.65 Å². The van der Waals surface area contributed by atoms with E-state index in [4.69, 9.17) is 0 Å². The summed E-state index contributed by atoms with van der Waals surface area (Å²) in [6.07, 6.45) is 6.40. The number of hydrogen-bond acceptors (Lipinski definition) is 6. The molecule has 4 aromatic rings. The third-order valence-electron chi connectivity index (χ3n) is 4.88. The summed E-state index contributed by atoms with van der Waals surface area (Å²) in [6, 6.07) is 15.0. The highest BCUT2D eigenvalue weighted by atomic mass is 16.3. The number of aromatic nitrogens is 4. The van der Waals surface area contributed by atoms with E-state index in [2.05, 4.69) is 49.3 Å². The second-order valence-electron chi connectivity index (χ2n) is 7.00. The van der Waals surface area contributed by atoms with E-state index in [1.165, 1.54) is 19.3 Å². The first-order chi connectivity index (χ1) is 14.3. The van der Waals surface area contributed by atoms with Gasteiger partial charge in [0.25, 0.3) is 5.95 Å². The van der Waals surface area contributed by atoms with Crippen molar-refractivity contribution in [2.24, 2.45) is 5.10 Å². The molecule has 2 aromatic heterocycles. The van der Waals surface area contributed by atoms with Crippen molar-refractivity contribution in [2.75, 3.05) is 5.43 Å². The maximum atomic E-state index is 9.35. The van der Waals surface area contributed by atoms with E-state index in [-0.39, 0.29) is 5.75 Å². The minimum Gasteiger partial charge on any atom is -0.508 e. The lowest BCUT2D eigenvalue weighted by Gasteiger charge is -2.06. The highest BCUT2D eigenvalue weighted by Gasteiger charge is 2.14. The maximum Gasteiger partial charge on any atom is 0.265 e. The van der Waals surface area contributed by atoms with Crippen molar-refractivity contribution in [2.45, 2.75) is 39.2 Å². The third-order valence-corrected chi connectivity index (χ3v) is 4.88. The quantitative estimate of drug-likeness (QED) is 0.259. The molecular weight excluding hydrogens is 364 g/mol. The number of rotatable bonds is 8. The van der Waals surface area contributed by atoms with Crippen LogP contribution in [0.5, 0.6) is 5.75 Å². The second-order valence-corrected chi connectivity index (χ2v) is 7.00. The maximum absolute atomic E-state index is 9.35. The van der Waals surface area contributed by atoms with Gasteiger partial charge < -0.3 is 9.67 Å². The highest BCUT2D eigenvalue weighted by molar-refractivity contribution is 6.04. The monoisotopic (exact) mass is 388 g/mol. The molecule has 0 saturated carbocycles. The Bertz CT molecular complexity index is 1130. The van der Waals surface area contributed by atoms with Crippen LogP contribution in [0, 0.1) is 0 Å². The van der Waals surface area contributed by atoms with Gasteiger partial charge in [-0.2, -0.15) is 10.1 Å². The molecule has 148 valence electrons. The number of nitrogens with one attached hydrogen (secondary N) is 1. The zero-order chi connectivity index (χ0) is 20.1. The molecule has 0 amide bonds. The Morgan fingerprint density at radius 1 is 1.03 bits per heavy atom. The Labute approximate surface area is 169 Å². The van der Waals surface area contributed by atoms with Crippen LogP contribution in [0.3, 0.4) is 0 Å². The van der Waals surface area contributed by atoms with Crippen LogP contribution in [-0.2, 0) is 6.54 Å². The Hall–Kier alpha value is -3.48. The fourth-order valence-electron chi connectivity index (χ4n) is 3.40. The molecule has 0 radical (unpaired) electrons. The molecule has 0 aliphatic heterocycles. The molecule has 7 nitrogen and oxygen atoms in total. The lowest BCUT2D eigenvalue weighted by atomic mass is 10.2. The molecule has 2 aromatic carbocycles. The number of unbranched alkanes of at least 4 members (excludes halogenated alkanes) is 3. The van der Waals surface area contributed by atoms with Crippen LogP contribution in [0.25, 0.3) is 22.1 Å². The van der Waals surface area contributed by atoms with E-state index >= 15 is 0 Å². The van der Waals surface area contributed by atoms with Crippen LogP contribution in [0.1, 0.15) is 38.2 Å². The molecular formula is C22H24N6O. The highest BCUT2D eigenvalue weighted by Crippen LogP contribution is 2.26. The molecule has 0 bridgehead atoms.